The van der Waals surface area contributed by atoms with Crippen molar-refractivity contribution in [2.45, 2.75) is 37.8 Å². The zero-order chi connectivity index (χ0) is 23.3. The molecule has 2 fully saturated rings. The molecule has 2 saturated heterocycles. The maximum absolute atomic E-state index is 5.54. The van der Waals surface area contributed by atoms with Gasteiger partial charge in [-0.15, -0.1) is 11.8 Å². The van der Waals surface area contributed by atoms with Gasteiger partial charge >= 0.3 is 0 Å². The van der Waals surface area contributed by atoms with Crippen LogP contribution in [0.5, 0.6) is 0 Å². The Bertz CT molecular complexity index is 877. The Morgan fingerprint density at radius 2 is 0.971 bits per heavy atom. The van der Waals surface area contributed by atoms with Crippen LogP contribution in [0.25, 0.3) is 0 Å². The molecule has 2 heterocycles. The molecule has 0 N–H and O–H groups in total. The lowest BCUT2D eigenvalue weighted by molar-refractivity contribution is 0.0269. The zero-order valence-electron chi connectivity index (χ0n) is 20.1. The molecule has 2 atom stereocenters. The van der Waals surface area contributed by atoms with Crippen molar-refractivity contribution >= 4 is 0 Å². The molecule has 0 amide bonds. The molecule has 0 bridgehead atoms. The molecular formula is C30H36N2O2. The Kier molecular flexibility index (Phi) is 10.1. The molecule has 2 aliphatic rings. The van der Waals surface area contributed by atoms with Crippen LogP contribution in [0.2, 0.25) is 0 Å². The molecule has 4 rings (SSSR count). The second-order valence-corrected chi connectivity index (χ2v) is 8.77. The van der Waals surface area contributed by atoms with Gasteiger partial charge in [0.15, 0.2) is 0 Å². The van der Waals surface area contributed by atoms with Gasteiger partial charge < -0.3 is 9.47 Å². The fraction of sp³-hybridized carbons (Fsp3) is 0.467. The van der Waals surface area contributed by atoms with E-state index in [4.69, 9.17) is 9.47 Å². The molecule has 0 aromatic heterocycles. The van der Waals surface area contributed by atoms with E-state index in [0.29, 0.717) is 0 Å². The summed E-state index contributed by atoms with van der Waals surface area (Å²) in [6, 6.07) is 21.6. The first-order valence-corrected chi connectivity index (χ1v) is 12.6. The Morgan fingerprint density at radius 1 is 0.588 bits per heavy atom. The van der Waals surface area contributed by atoms with Crippen LogP contribution in [0.3, 0.4) is 0 Å². The van der Waals surface area contributed by atoms with E-state index in [-0.39, 0.29) is 12.1 Å². The number of hydrogen-bond donors (Lipinski definition) is 0. The summed E-state index contributed by atoms with van der Waals surface area (Å²) in [5, 5.41) is 0. The van der Waals surface area contributed by atoms with E-state index < -0.39 is 0 Å². The van der Waals surface area contributed by atoms with E-state index >= 15 is 0 Å². The van der Waals surface area contributed by atoms with E-state index in [1.54, 1.807) is 0 Å². The molecule has 2 aromatic carbocycles. The highest BCUT2D eigenvalue weighted by molar-refractivity contribution is 5.28. The predicted molar refractivity (Wildman–Crippen MR) is 137 cm³/mol. The highest BCUT2D eigenvalue weighted by Gasteiger charge is 2.21. The van der Waals surface area contributed by atoms with Gasteiger partial charge in [-0.2, -0.15) is 0 Å². The van der Waals surface area contributed by atoms with Crippen molar-refractivity contribution in [3.05, 3.63) is 71.8 Å². The standard InChI is InChI=1S/C30H36N2O2/c1(3-11-17-29(27-13-7-5-8-14-27)31-19-23-33-24-20-31)2-4-12-18-30(28-15-9-6-10-16-28)32-21-25-34-26-22-32/h5-10,13-16,29-30H,1-4,19-26H2. The highest BCUT2D eigenvalue weighted by Crippen LogP contribution is 2.22. The van der Waals surface area contributed by atoms with Crippen LogP contribution in [0.1, 0.15) is 48.9 Å². The molecule has 2 aliphatic heterocycles. The van der Waals surface area contributed by atoms with Crippen LogP contribution in [0, 0.1) is 23.7 Å². The largest absolute Gasteiger partial charge is 0.379 e. The second kappa shape index (κ2) is 14.0. The van der Waals surface area contributed by atoms with Crippen LogP contribution in [0.15, 0.2) is 60.7 Å². The predicted octanol–water partition coefficient (Wildman–Crippen LogP) is 4.70. The summed E-state index contributed by atoms with van der Waals surface area (Å²) in [4.78, 5) is 4.87. The van der Waals surface area contributed by atoms with Crippen molar-refractivity contribution in [2.75, 3.05) is 52.6 Å². The van der Waals surface area contributed by atoms with Crippen molar-refractivity contribution < 1.29 is 9.47 Å². The summed E-state index contributed by atoms with van der Waals surface area (Å²) in [5.41, 5.74) is 2.55. The maximum Gasteiger partial charge on any atom is 0.0972 e. The van der Waals surface area contributed by atoms with Gasteiger partial charge in [-0.1, -0.05) is 72.5 Å². The third-order valence-corrected chi connectivity index (χ3v) is 6.38. The number of unbranched alkanes of at least 4 members (excludes halogenated alkanes) is 3. The molecule has 0 saturated carbocycles. The fourth-order valence-corrected chi connectivity index (χ4v) is 4.48. The summed E-state index contributed by atoms with van der Waals surface area (Å²) in [6.45, 7) is 6.92. The lowest BCUT2D eigenvalue weighted by Gasteiger charge is -2.31. The minimum atomic E-state index is 0.157. The summed E-state index contributed by atoms with van der Waals surface area (Å²) in [5.74, 6) is 14.0. The lowest BCUT2D eigenvalue weighted by Crippen LogP contribution is -2.38. The number of rotatable bonds is 7. The minimum Gasteiger partial charge on any atom is -0.379 e. The Balaban J connectivity index is 1.28. The van der Waals surface area contributed by atoms with E-state index in [1.807, 2.05) is 0 Å². The highest BCUT2D eigenvalue weighted by atomic mass is 16.5. The Hall–Kier alpha value is -2.60. The monoisotopic (exact) mass is 456 g/mol. The van der Waals surface area contributed by atoms with E-state index in [2.05, 4.69) is 94.1 Å². The van der Waals surface area contributed by atoms with Gasteiger partial charge in [-0.3, -0.25) is 9.80 Å². The molecule has 4 nitrogen and oxygen atoms in total. The minimum absolute atomic E-state index is 0.157. The van der Waals surface area contributed by atoms with Crippen LogP contribution in [-0.4, -0.2) is 62.4 Å². The van der Waals surface area contributed by atoms with Crippen LogP contribution in [-0.2, 0) is 9.47 Å². The number of benzene rings is 2. The van der Waals surface area contributed by atoms with Gasteiger partial charge in [0, 0.05) is 39.0 Å². The summed E-state index contributed by atoms with van der Waals surface area (Å²) in [7, 11) is 0. The van der Waals surface area contributed by atoms with Crippen molar-refractivity contribution in [3.63, 3.8) is 0 Å². The van der Waals surface area contributed by atoms with Gasteiger partial charge in [-0.25, -0.2) is 0 Å². The van der Waals surface area contributed by atoms with Crippen LogP contribution >= 0.6 is 0 Å². The average molecular weight is 457 g/mol. The third-order valence-electron chi connectivity index (χ3n) is 6.38. The first-order chi connectivity index (χ1) is 16.9. The van der Waals surface area contributed by atoms with Crippen molar-refractivity contribution in [1.29, 1.82) is 0 Å². The Labute approximate surface area is 205 Å². The number of nitrogens with zero attached hydrogens (tertiary/aromatic N) is 2. The van der Waals surface area contributed by atoms with E-state index in [1.165, 1.54) is 11.1 Å². The van der Waals surface area contributed by atoms with E-state index in [9.17, 15) is 0 Å². The normalized spacial score (nSPS) is 18.7. The zero-order valence-corrected chi connectivity index (χ0v) is 20.1. The smallest absolute Gasteiger partial charge is 0.0972 e. The molecule has 34 heavy (non-hydrogen) atoms. The van der Waals surface area contributed by atoms with Gasteiger partial charge in [0.2, 0.25) is 0 Å². The molecular weight excluding hydrogens is 420 g/mol. The molecule has 2 aromatic rings. The molecule has 2 unspecified atom stereocenters. The van der Waals surface area contributed by atoms with Gasteiger partial charge in [-0.05, 0) is 24.0 Å². The quantitative estimate of drug-likeness (QED) is 0.445. The Morgan fingerprint density at radius 3 is 1.35 bits per heavy atom. The number of morpholine rings is 2. The third kappa shape index (κ3) is 7.45. The van der Waals surface area contributed by atoms with Gasteiger partial charge in [0.25, 0.3) is 0 Å². The summed E-state index contributed by atoms with van der Waals surface area (Å²) < 4.78 is 11.1. The molecule has 178 valence electrons. The second-order valence-electron chi connectivity index (χ2n) is 8.77. The maximum atomic E-state index is 5.54. The molecule has 0 spiro atoms. The van der Waals surface area contributed by atoms with E-state index in [0.717, 1.165) is 78.3 Å². The SMILES string of the molecule is C(#CC(c1ccccc1)N1CCOCC1)CCCCC#CC(c1ccccc1)N1CCOCC1. The van der Waals surface area contributed by atoms with Crippen LogP contribution < -0.4 is 0 Å². The fourth-order valence-electron chi connectivity index (χ4n) is 4.48. The van der Waals surface area contributed by atoms with Crippen molar-refractivity contribution in [2.24, 2.45) is 0 Å². The van der Waals surface area contributed by atoms with Crippen molar-refractivity contribution in [1.82, 2.24) is 9.80 Å². The molecule has 0 radical (unpaired) electrons. The average Bonchev–Trinajstić information content (AvgIpc) is 2.92. The van der Waals surface area contributed by atoms with Crippen LogP contribution in [0.4, 0.5) is 0 Å². The first kappa shape index (κ1) is 24.5. The lowest BCUT2D eigenvalue weighted by atomic mass is 10.0. The van der Waals surface area contributed by atoms with Crippen molar-refractivity contribution in [3.8, 4) is 23.7 Å². The molecule has 0 aliphatic carbocycles. The first-order valence-electron chi connectivity index (χ1n) is 12.6. The van der Waals surface area contributed by atoms with Gasteiger partial charge in [0.1, 0.15) is 0 Å². The number of hydrogen-bond acceptors (Lipinski definition) is 4. The van der Waals surface area contributed by atoms with Gasteiger partial charge in [0.05, 0.1) is 38.5 Å². The molecule has 4 heteroatoms. The summed E-state index contributed by atoms with van der Waals surface area (Å²) in [6.07, 6.45) is 4.00. The topological polar surface area (TPSA) is 24.9 Å². The summed E-state index contributed by atoms with van der Waals surface area (Å²) >= 11 is 0. The number of ether oxygens (including phenoxy) is 2.